The first-order valence-corrected chi connectivity index (χ1v) is 6.13. The fraction of sp³-hybridized carbons (Fsp3) is 0.182. The molecule has 0 aliphatic carbocycles. The average Bonchev–Trinajstić information content (AvgIpc) is 2.85. The highest BCUT2D eigenvalue weighted by Gasteiger charge is 2.15. The number of hydrogen-bond acceptors (Lipinski definition) is 6. The number of nitrogens with one attached hydrogen (secondary N) is 1. The van der Waals surface area contributed by atoms with Gasteiger partial charge in [0.1, 0.15) is 5.03 Å². The van der Waals surface area contributed by atoms with Crippen molar-refractivity contribution >= 4 is 23.4 Å². The summed E-state index contributed by atoms with van der Waals surface area (Å²) in [6, 6.07) is 1.54. The predicted octanol–water partition coefficient (Wildman–Crippen LogP) is 1.71. The molecule has 2 rings (SSSR count). The molecule has 0 aliphatic rings. The van der Waals surface area contributed by atoms with Crippen LogP contribution < -0.4 is 5.73 Å². The second-order valence-electron chi connectivity index (χ2n) is 3.29. The van der Waals surface area contributed by atoms with Crippen molar-refractivity contribution in [2.24, 2.45) is 0 Å². The van der Waals surface area contributed by atoms with Gasteiger partial charge < -0.3 is 15.5 Å². The molecule has 0 amide bonds. The van der Waals surface area contributed by atoms with Crippen molar-refractivity contribution in [2.75, 3.05) is 12.3 Å². The Labute approximate surface area is 108 Å². The van der Waals surface area contributed by atoms with Crippen LogP contribution in [0.1, 0.15) is 17.3 Å². The number of esters is 1. The van der Waals surface area contributed by atoms with Gasteiger partial charge >= 0.3 is 5.97 Å². The Hall–Kier alpha value is -2.02. The summed E-state index contributed by atoms with van der Waals surface area (Å²) < 4.78 is 4.92. The van der Waals surface area contributed by atoms with Crippen molar-refractivity contribution < 1.29 is 9.53 Å². The summed E-state index contributed by atoms with van der Waals surface area (Å²) in [5.41, 5.74) is 6.53. The summed E-state index contributed by atoms with van der Waals surface area (Å²) in [4.78, 5) is 22.8. The molecule has 94 valence electrons. The topological polar surface area (TPSA) is 93.9 Å². The second kappa shape index (κ2) is 5.54. The van der Waals surface area contributed by atoms with Gasteiger partial charge in [-0.2, -0.15) is 0 Å². The second-order valence-corrected chi connectivity index (χ2v) is 4.27. The molecular formula is C11H12N4O2S. The molecule has 6 nitrogen and oxygen atoms in total. The van der Waals surface area contributed by atoms with E-state index in [9.17, 15) is 4.79 Å². The molecule has 0 spiro atoms. The van der Waals surface area contributed by atoms with Gasteiger partial charge in [-0.25, -0.2) is 14.8 Å². The fourth-order valence-corrected chi connectivity index (χ4v) is 2.08. The minimum Gasteiger partial charge on any atom is -0.462 e. The molecule has 0 saturated heterocycles. The van der Waals surface area contributed by atoms with E-state index in [0.29, 0.717) is 28.0 Å². The smallest absolute Gasteiger partial charge is 0.340 e. The third-order valence-corrected chi connectivity index (χ3v) is 3.05. The summed E-state index contributed by atoms with van der Waals surface area (Å²) in [6.45, 7) is 2.05. The molecule has 0 saturated carbocycles. The summed E-state index contributed by atoms with van der Waals surface area (Å²) >= 11 is 1.26. The lowest BCUT2D eigenvalue weighted by atomic mass is 10.2. The quantitative estimate of drug-likeness (QED) is 0.816. The Morgan fingerprint density at radius 3 is 3.00 bits per heavy atom. The SMILES string of the molecule is CCOC(=O)c1ccnc(Sc2ncc[nH]2)c1N. The van der Waals surface area contributed by atoms with E-state index in [1.165, 1.54) is 18.0 Å². The molecule has 2 heterocycles. The molecule has 0 bridgehead atoms. The minimum absolute atomic E-state index is 0.303. The lowest BCUT2D eigenvalue weighted by molar-refractivity contribution is 0.0527. The third-order valence-electron chi connectivity index (χ3n) is 2.12. The number of imidazole rings is 1. The van der Waals surface area contributed by atoms with Crippen LogP contribution in [0, 0.1) is 0 Å². The first-order valence-electron chi connectivity index (χ1n) is 5.31. The number of nitrogens with two attached hydrogens (primary N) is 1. The maximum absolute atomic E-state index is 11.7. The normalized spacial score (nSPS) is 10.3. The van der Waals surface area contributed by atoms with E-state index in [4.69, 9.17) is 10.5 Å². The van der Waals surface area contributed by atoms with E-state index in [2.05, 4.69) is 15.0 Å². The lowest BCUT2D eigenvalue weighted by Gasteiger charge is -2.07. The Bertz CT molecular complexity index is 542. The van der Waals surface area contributed by atoms with Gasteiger partial charge in [-0.3, -0.25) is 0 Å². The highest BCUT2D eigenvalue weighted by molar-refractivity contribution is 7.99. The molecule has 2 aromatic rings. The number of aromatic nitrogens is 3. The Balaban J connectivity index is 2.27. The molecule has 0 aliphatic heterocycles. The predicted molar refractivity (Wildman–Crippen MR) is 67.3 cm³/mol. The molecule has 0 atom stereocenters. The standard InChI is InChI=1S/C11H12N4O2S/c1-2-17-10(16)7-3-4-13-9(8(7)12)18-11-14-5-6-15-11/h3-6H,2,12H2,1H3,(H,14,15). The van der Waals surface area contributed by atoms with Crippen molar-refractivity contribution in [1.29, 1.82) is 0 Å². The van der Waals surface area contributed by atoms with E-state index < -0.39 is 5.97 Å². The van der Waals surface area contributed by atoms with Gasteiger partial charge in [0, 0.05) is 18.6 Å². The summed E-state index contributed by atoms with van der Waals surface area (Å²) in [7, 11) is 0. The maximum atomic E-state index is 11.7. The largest absolute Gasteiger partial charge is 0.462 e. The van der Waals surface area contributed by atoms with Gasteiger partial charge in [0.15, 0.2) is 5.16 Å². The molecule has 3 N–H and O–H groups in total. The average molecular weight is 264 g/mol. The first-order chi connectivity index (χ1) is 8.72. The zero-order chi connectivity index (χ0) is 13.0. The van der Waals surface area contributed by atoms with Crippen LogP contribution >= 0.6 is 11.8 Å². The molecular weight excluding hydrogens is 252 g/mol. The van der Waals surface area contributed by atoms with Crippen LogP contribution in [0.4, 0.5) is 5.69 Å². The summed E-state index contributed by atoms with van der Waals surface area (Å²) in [6.07, 6.45) is 4.86. The maximum Gasteiger partial charge on any atom is 0.340 e. The van der Waals surface area contributed by atoms with Crippen molar-refractivity contribution in [3.05, 3.63) is 30.2 Å². The van der Waals surface area contributed by atoms with Crippen molar-refractivity contribution in [1.82, 2.24) is 15.0 Å². The lowest BCUT2D eigenvalue weighted by Crippen LogP contribution is -2.09. The number of nitrogen functional groups attached to an aromatic ring is 1. The van der Waals surface area contributed by atoms with Gasteiger partial charge in [-0.1, -0.05) is 0 Å². The Morgan fingerprint density at radius 1 is 1.50 bits per heavy atom. The van der Waals surface area contributed by atoms with E-state index in [1.54, 1.807) is 25.4 Å². The summed E-state index contributed by atoms with van der Waals surface area (Å²) in [5.74, 6) is -0.446. The highest BCUT2D eigenvalue weighted by Crippen LogP contribution is 2.29. The van der Waals surface area contributed by atoms with Crippen LogP contribution in [-0.4, -0.2) is 27.5 Å². The Kier molecular flexibility index (Phi) is 3.83. The van der Waals surface area contributed by atoms with Gasteiger partial charge in [0.2, 0.25) is 0 Å². The number of nitrogens with zero attached hydrogens (tertiary/aromatic N) is 2. The molecule has 0 fully saturated rings. The fourth-order valence-electron chi connectivity index (χ4n) is 1.32. The van der Waals surface area contributed by atoms with Gasteiger partial charge in [0.05, 0.1) is 17.9 Å². The number of carbonyl (C=O) groups is 1. The van der Waals surface area contributed by atoms with E-state index in [-0.39, 0.29) is 0 Å². The molecule has 7 heteroatoms. The van der Waals surface area contributed by atoms with E-state index >= 15 is 0 Å². The number of pyridine rings is 1. The molecule has 0 unspecified atom stereocenters. The molecule has 2 aromatic heterocycles. The first kappa shape index (κ1) is 12.4. The number of anilines is 1. The van der Waals surface area contributed by atoms with Gasteiger partial charge in [-0.15, -0.1) is 0 Å². The molecule has 18 heavy (non-hydrogen) atoms. The highest BCUT2D eigenvalue weighted by atomic mass is 32.2. The van der Waals surface area contributed by atoms with Crippen LogP contribution in [0.2, 0.25) is 0 Å². The van der Waals surface area contributed by atoms with Gasteiger partial charge in [-0.05, 0) is 24.8 Å². The number of H-pyrrole nitrogens is 1. The molecule has 0 aromatic carbocycles. The summed E-state index contributed by atoms with van der Waals surface area (Å²) in [5, 5.41) is 1.19. The zero-order valence-electron chi connectivity index (χ0n) is 9.71. The number of ether oxygens (including phenoxy) is 1. The van der Waals surface area contributed by atoms with E-state index in [1.807, 2.05) is 0 Å². The van der Waals surface area contributed by atoms with Gasteiger partial charge in [0.25, 0.3) is 0 Å². The van der Waals surface area contributed by atoms with Crippen LogP contribution in [0.5, 0.6) is 0 Å². The number of aromatic amines is 1. The molecule has 0 radical (unpaired) electrons. The minimum atomic E-state index is -0.446. The monoisotopic (exact) mass is 264 g/mol. The van der Waals surface area contributed by atoms with Crippen molar-refractivity contribution in [2.45, 2.75) is 17.1 Å². The van der Waals surface area contributed by atoms with Crippen LogP contribution in [0.3, 0.4) is 0 Å². The van der Waals surface area contributed by atoms with Crippen LogP contribution in [-0.2, 0) is 4.74 Å². The van der Waals surface area contributed by atoms with E-state index in [0.717, 1.165) is 0 Å². The zero-order valence-corrected chi connectivity index (χ0v) is 10.5. The Morgan fingerprint density at radius 2 is 2.33 bits per heavy atom. The number of rotatable bonds is 4. The van der Waals surface area contributed by atoms with Crippen molar-refractivity contribution in [3.63, 3.8) is 0 Å². The van der Waals surface area contributed by atoms with Crippen LogP contribution in [0.25, 0.3) is 0 Å². The van der Waals surface area contributed by atoms with Crippen LogP contribution in [0.15, 0.2) is 34.8 Å². The van der Waals surface area contributed by atoms with Crippen molar-refractivity contribution in [3.8, 4) is 0 Å². The number of hydrogen-bond donors (Lipinski definition) is 2. The number of carbonyl (C=O) groups excluding carboxylic acids is 1. The third kappa shape index (κ3) is 2.62.